The van der Waals surface area contributed by atoms with Crippen molar-refractivity contribution in [3.63, 3.8) is 0 Å². The quantitative estimate of drug-likeness (QED) is 0.823. The fourth-order valence-corrected chi connectivity index (χ4v) is 1.83. The van der Waals surface area contributed by atoms with Crippen molar-refractivity contribution < 1.29 is 9.53 Å². The lowest BCUT2D eigenvalue weighted by Gasteiger charge is -2.12. The van der Waals surface area contributed by atoms with Crippen LogP contribution in [0.25, 0.3) is 5.82 Å². The van der Waals surface area contributed by atoms with Crippen molar-refractivity contribution in [2.45, 2.75) is 19.4 Å². The summed E-state index contributed by atoms with van der Waals surface area (Å²) >= 11 is 0. The number of anilines is 1. The third-order valence-corrected chi connectivity index (χ3v) is 3.06. The van der Waals surface area contributed by atoms with Crippen molar-refractivity contribution in [3.8, 4) is 5.82 Å². The summed E-state index contributed by atoms with van der Waals surface area (Å²) in [5.74, 6) is 1.34. The first-order valence-corrected chi connectivity index (χ1v) is 6.63. The van der Waals surface area contributed by atoms with Gasteiger partial charge in [0.15, 0.2) is 0 Å². The van der Waals surface area contributed by atoms with Gasteiger partial charge in [-0.2, -0.15) is 0 Å². The maximum Gasteiger partial charge on any atom is 0.241 e. The van der Waals surface area contributed by atoms with Crippen LogP contribution in [0.4, 0.5) is 5.69 Å². The van der Waals surface area contributed by atoms with Crippen LogP contribution in [0.15, 0.2) is 30.7 Å². The summed E-state index contributed by atoms with van der Waals surface area (Å²) in [5, 5.41) is 2.73. The molecule has 1 amide bonds. The van der Waals surface area contributed by atoms with Crippen LogP contribution in [0, 0.1) is 6.92 Å². The van der Waals surface area contributed by atoms with Crippen LogP contribution < -0.4 is 11.1 Å². The minimum atomic E-state index is -0.597. The molecule has 0 aliphatic heterocycles. The van der Waals surface area contributed by atoms with Crippen molar-refractivity contribution in [3.05, 3.63) is 36.5 Å². The molecule has 112 valence electrons. The van der Waals surface area contributed by atoms with E-state index in [9.17, 15) is 4.79 Å². The van der Waals surface area contributed by atoms with E-state index in [4.69, 9.17) is 10.5 Å². The van der Waals surface area contributed by atoms with E-state index in [1.54, 1.807) is 25.6 Å². The second-order valence-corrected chi connectivity index (χ2v) is 4.63. The first-order valence-electron chi connectivity index (χ1n) is 6.63. The van der Waals surface area contributed by atoms with Crippen molar-refractivity contribution in [2.75, 3.05) is 19.0 Å². The summed E-state index contributed by atoms with van der Waals surface area (Å²) in [6.45, 7) is 2.35. The second kappa shape index (κ2) is 6.96. The number of carbonyl (C=O) groups excluding carboxylic acids is 1. The largest absolute Gasteiger partial charge is 0.385 e. The predicted molar refractivity (Wildman–Crippen MR) is 79.2 cm³/mol. The van der Waals surface area contributed by atoms with Crippen molar-refractivity contribution >= 4 is 11.6 Å². The highest BCUT2D eigenvalue weighted by molar-refractivity contribution is 5.94. The molecule has 2 heterocycles. The number of hydrogen-bond donors (Lipinski definition) is 2. The lowest BCUT2D eigenvalue weighted by Crippen LogP contribution is -2.36. The third kappa shape index (κ3) is 3.87. The maximum atomic E-state index is 11.9. The summed E-state index contributed by atoms with van der Waals surface area (Å²) in [6, 6.07) is 2.99. The molecule has 21 heavy (non-hydrogen) atoms. The Morgan fingerprint density at radius 2 is 2.29 bits per heavy atom. The molecule has 2 rings (SSSR count). The highest BCUT2D eigenvalue weighted by atomic mass is 16.5. The molecule has 0 aliphatic rings. The normalized spacial score (nSPS) is 12.1. The minimum Gasteiger partial charge on any atom is -0.385 e. The Bertz CT molecular complexity index is 594. The van der Waals surface area contributed by atoms with Gasteiger partial charge in [0.25, 0.3) is 0 Å². The number of hydrogen-bond acceptors (Lipinski definition) is 5. The number of pyridine rings is 1. The Labute approximate surface area is 123 Å². The van der Waals surface area contributed by atoms with Gasteiger partial charge in [-0.15, -0.1) is 0 Å². The fourth-order valence-electron chi connectivity index (χ4n) is 1.83. The Hall–Kier alpha value is -2.25. The van der Waals surface area contributed by atoms with Crippen molar-refractivity contribution in [1.82, 2.24) is 14.5 Å². The van der Waals surface area contributed by atoms with Gasteiger partial charge in [0, 0.05) is 26.1 Å². The first kappa shape index (κ1) is 15.1. The van der Waals surface area contributed by atoms with Gasteiger partial charge >= 0.3 is 0 Å². The van der Waals surface area contributed by atoms with Gasteiger partial charge in [0.1, 0.15) is 11.6 Å². The van der Waals surface area contributed by atoms with E-state index in [0.29, 0.717) is 18.7 Å². The molecule has 7 nitrogen and oxygen atoms in total. The molecule has 3 N–H and O–H groups in total. The topological polar surface area (TPSA) is 95.1 Å². The average Bonchev–Trinajstić information content (AvgIpc) is 2.91. The number of nitrogens with zero attached hydrogens (tertiary/aromatic N) is 3. The number of nitrogens with two attached hydrogens (primary N) is 1. The summed E-state index contributed by atoms with van der Waals surface area (Å²) < 4.78 is 6.76. The SMILES string of the molecule is COCCC(N)C(=O)Nc1ccc(-n2ccnc2C)nc1. The van der Waals surface area contributed by atoms with Gasteiger partial charge < -0.3 is 15.8 Å². The molecular formula is C14H19N5O2. The Morgan fingerprint density at radius 1 is 1.48 bits per heavy atom. The molecule has 1 atom stereocenters. The second-order valence-electron chi connectivity index (χ2n) is 4.63. The van der Waals surface area contributed by atoms with E-state index in [1.165, 1.54) is 0 Å². The van der Waals surface area contributed by atoms with E-state index >= 15 is 0 Å². The summed E-state index contributed by atoms with van der Waals surface area (Å²) in [4.78, 5) is 20.3. The number of amides is 1. The standard InChI is InChI=1S/C14H19N5O2/c1-10-16-6-7-19(10)13-4-3-11(9-17-13)18-14(20)12(15)5-8-21-2/h3-4,6-7,9,12H,5,8,15H2,1-2H3,(H,18,20). The van der Waals surface area contributed by atoms with Crippen LogP contribution in [0.2, 0.25) is 0 Å². The van der Waals surface area contributed by atoms with E-state index in [2.05, 4.69) is 15.3 Å². The molecule has 0 aromatic carbocycles. The molecular weight excluding hydrogens is 270 g/mol. The molecule has 7 heteroatoms. The van der Waals surface area contributed by atoms with Crippen LogP contribution in [-0.4, -0.2) is 40.2 Å². The number of methoxy groups -OCH3 is 1. The molecule has 0 fully saturated rings. The number of imidazole rings is 1. The van der Waals surface area contributed by atoms with E-state index in [-0.39, 0.29) is 5.91 Å². The number of rotatable bonds is 6. The third-order valence-electron chi connectivity index (χ3n) is 3.06. The van der Waals surface area contributed by atoms with Gasteiger partial charge in [-0.25, -0.2) is 9.97 Å². The highest BCUT2D eigenvalue weighted by Crippen LogP contribution is 2.11. The smallest absolute Gasteiger partial charge is 0.241 e. The average molecular weight is 289 g/mol. The number of aryl methyl sites for hydroxylation is 1. The lowest BCUT2D eigenvalue weighted by atomic mass is 10.2. The predicted octanol–water partition coefficient (Wildman–Crippen LogP) is 0.878. The molecule has 0 saturated heterocycles. The van der Waals surface area contributed by atoms with Crippen LogP contribution >= 0.6 is 0 Å². The zero-order valence-electron chi connectivity index (χ0n) is 12.1. The number of ether oxygens (including phenoxy) is 1. The highest BCUT2D eigenvalue weighted by Gasteiger charge is 2.13. The van der Waals surface area contributed by atoms with Gasteiger partial charge in [-0.1, -0.05) is 0 Å². The van der Waals surface area contributed by atoms with Crippen LogP contribution in [-0.2, 0) is 9.53 Å². The van der Waals surface area contributed by atoms with Gasteiger partial charge in [0.2, 0.25) is 5.91 Å². The zero-order valence-corrected chi connectivity index (χ0v) is 12.1. The number of carbonyl (C=O) groups is 1. The van der Waals surface area contributed by atoms with E-state index < -0.39 is 6.04 Å². The van der Waals surface area contributed by atoms with Gasteiger partial charge in [0.05, 0.1) is 17.9 Å². The molecule has 0 spiro atoms. The van der Waals surface area contributed by atoms with Gasteiger partial charge in [-0.05, 0) is 25.5 Å². The number of aromatic nitrogens is 3. The first-order chi connectivity index (χ1) is 10.1. The summed E-state index contributed by atoms with van der Waals surface area (Å²) in [6.07, 6.45) is 5.61. The molecule has 0 bridgehead atoms. The Morgan fingerprint density at radius 3 is 2.86 bits per heavy atom. The van der Waals surface area contributed by atoms with Crippen molar-refractivity contribution in [2.24, 2.45) is 5.73 Å². The minimum absolute atomic E-state index is 0.250. The molecule has 2 aromatic rings. The fraction of sp³-hybridized carbons (Fsp3) is 0.357. The Kier molecular flexibility index (Phi) is 5.02. The molecule has 0 saturated carbocycles. The van der Waals surface area contributed by atoms with Crippen LogP contribution in [0.5, 0.6) is 0 Å². The monoisotopic (exact) mass is 289 g/mol. The molecule has 2 aromatic heterocycles. The maximum absolute atomic E-state index is 11.9. The zero-order chi connectivity index (χ0) is 15.2. The van der Waals surface area contributed by atoms with Crippen molar-refractivity contribution in [1.29, 1.82) is 0 Å². The number of nitrogens with one attached hydrogen (secondary N) is 1. The van der Waals surface area contributed by atoms with Gasteiger partial charge in [-0.3, -0.25) is 9.36 Å². The van der Waals surface area contributed by atoms with Crippen LogP contribution in [0.1, 0.15) is 12.2 Å². The summed E-state index contributed by atoms with van der Waals surface area (Å²) in [7, 11) is 1.57. The summed E-state index contributed by atoms with van der Waals surface area (Å²) in [5.41, 5.74) is 6.36. The Balaban J connectivity index is 2.00. The molecule has 0 aliphatic carbocycles. The van der Waals surface area contributed by atoms with E-state index in [1.807, 2.05) is 23.8 Å². The van der Waals surface area contributed by atoms with E-state index in [0.717, 1.165) is 11.6 Å². The van der Waals surface area contributed by atoms with Crippen LogP contribution in [0.3, 0.4) is 0 Å². The lowest BCUT2D eigenvalue weighted by molar-refractivity contribution is -0.117. The molecule has 1 unspecified atom stereocenters. The molecule has 0 radical (unpaired) electrons.